The van der Waals surface area contributed by atoms with Crippen molar-refractivity contribution in [3.05, 3.63) is 83.9 Å². The number of unbranched alkanes of at least 4 members (excludes halogenated alkanes) is 1. The second-order valence-electron chi connectivity index (χ2n) is 7.04. The first-order valence-corrected chi connectivity index (χ1v) is 9.71. The molecule has 4 aromatic rings. The van der Waals surface area contributed by atoms with Crippen LogP contribution in [-0.2, 0) is 6.42 Å². The minimum atomic E-state index is 0.692. The Labute approximate surface area is 165 Å². The van der Waals surface area contributed by atoms with Crippen LogP contribution in [0.1, 0.15) is 24.0 Å². The van der Waals surface area contributed by atoms with Gasteiger partial charge in [0.1, 0.15) is 0 Å². The van der Waals surface area contributed by atoms with Gasteiger partial charge in [0.2, 0.25) is 0 Å². The summed E-state index contributed by atoms with van der Waals surface area (Å²) in [5.41, 5.74) is 13.5. The number of nitrogens with one attached hydrogen (secondary N) is 1. The van der Waals surface area contributed by atoms with Gasteiger partial charge in [-0.1, -0.05) is 54.6 Å². The van der Waals surface area contributed by atoms with Crippen molar-refractivity contribution in [1.82, 2.24) is 4.98 Å². The van der Waals surface area contributed by atoms with Crippen molar-refractivity contribution in [2.75, 3.05) is 6.54 Å². The third-order valence-corrected chi connectivity index (χ3v) is 5.20. The minimum absolute atomic E-state index is 0.692. The van der Waals surface area contributed by atoms with Crippen LogP contribution in [0.15, 0.2) is 72.8 Å². The van der Waals surface area contributed by atoms with Gasteiger partial charge in [0.25, 0.3) is 0 Å². The molecule has 3 N–H and O–H groups in total. The molecule has 3 nitrogen and oxygen atoms in total. The van der Waals surface area contributed by atoms with Gasteiger partial charge in [0.05, 0.1) is 11.6 Å². The molecule has 0 aliphatic heterocycles. The van der Waals surface area contributed by atoms with Gasteiger partial charge in [-0.2, -0.15) is 5.26 Å². The summed E-state index contributed by atoms with van der Waals surface area (Å²) in [5, 5.41) is 10.4. The quantitative estimate of drug-likeness (QED) is 0.433. The Morgan fingerprint density at radius 3 is 2.25 bits per heavy atom. The molecule has 0 aliphatic carbocycles. The zero-order valence-corrected chi connectivity index (χ0v) is 15.8. The summed E-state index contributed by atoms with van der Waals surface area (Å²) >= 11 is 0. The minimum Gasteiger partial charge on any atom is -0.354 e. The summed E-state index contributed by atoms with van der Waals surface area (Å²) in [7, 11) is 0. The number of hydrogen-bond acceptors (Lipinski definition) is 2. The molecule has 0 saturated carbocycles. The van der Waals surface area contributed by atoms with Crippen LogP contribution in [0.4, 0.5) is 0 Å². The Kier molecular flexibility index (Phi) is 5.23. The number of aryl methyl sites for hydroxylation is 1. The first-order valence-electron chi connectivity index (χ1n) is 9.71. The van der Waals surface area contributed by atoms with Crippen LogP contribution in [0.3, 0.4) is 0 Å². The van der Waals surface area contributed by atoms with Crippen molar-refractivity contribution in [1.29, 1.82) is 5.26 Å². The van der Waals surface area contributed by atoms with Crippen LogP contribution in [0.25, 0.3) is 33.3 Å². The summed E-state index contributed by atoms with van der Waals surface area (Å²) in [6, 6.07) is 27.2. The van der Waals surface area contributed by atoms with Crippen molar-refractivity contribution < 1.29 is 0 Å². The molecule has 1 aromatic heterocycles. The third kappa shape index (κ3) is 3.55. The van der Waals surface area contributed by atoms with Gasteiger partial charge in [-0.05, 0) is 66.3 Å². The molecular formula is C25H23N3. The van der Waals surface area contributed by atoms with E-state index in [1.165, 1.54) is 16.7 Å². The first kappa shape index (κ1) is 18.0. The van der Waals surface area contributed by atoms with E-state index >= 15 is 0 Å². The van der Waals surface area contributed by atoms with Gasteiger partial charge in [-0.25, -0.2) is 0 Å². The van der Waals surface area contributed by atoms with Crippen LogP contribution in [0, 0.1) is 11.3 Å². The van der Waals surface area contributed by atoms with E-state index < -0.39 is 0 Å². The van der Waals surface area contributed by atoms with Crippen LogP contribution < -0.4 is 5.73 Å². The standard InChI is InChI=1S/C25H23N3/c26-15-5-4-8-22-23-16-18(17-27)9-14-24(23)28-25(22)21-12-10-20(11-13-21)19-6-2-1-3-7-19/h1-3,6-7,9-14,16,28H,4-5,8,15,26H2. The fourth-order valence-electron chi connectivity index (χ4n) is 3.73. The molecule has 0 atom stereocenters. The summed E-state index contributed by atoms with van der Waals surface area (Å²) in [5.74, 6) is 0. The van der Waals surface area contributed by atoms with E-state index in [1.54, 1.807) is 0 Å². The Hall–Kier alpha value is -3.35. The maximum absolute atomic E-state index is 9.29. The Balaban J connectivity index is 1.76. The molecule has 4 rings (SSSR count). The number of fused-ring (bicyclic) bond motifs is 1. The SMILES string of the molecule is N#Cc1ccc2[nH]c(-c3ccc(-c4ccccc4)cc3)c(CCCCN)c2c1. The molecule has 138 valence electrons. The maximum atomic E-state index is 9.29. The van der Waals surface area contributed by atoms with Gasteiger partial charge < -0.3 is 10.7 Å². The summed E-state index contributed by atoms with van der Waals surface area (Å²) in [6.45, 7) is 0.701. The monoisotopic (exact) mass is 365 g/mol. The van der Waals surface area contributed by atoms with E-state index in [2.05, 4.69) is 59.6 Å². The first-order chi connectivity index (χ1) is 13.8. The number of nitrogens with zero attached hydrogens (tertiary/aromatic N) is 1. The van der Waals surface area contributed by atoms with Crippen molar-refractivity contribution in [2.24, 2.45) is 5.73 Å². The van der Waals surface area contributed by atoms with E-state index in [9.17, 15) is 5.26 Å². The number of aromatic amines is 1. The fraction of sp³-hybridized carbons (Fsp3) is 0.160. The van der Waals surface area contributed by atoms with Crippen molar-refractivity contribution >= 4 is 10.9 Å². The molecule has 3 heteroatoms. The second-order valence-corrected chi connectivity index (χ2v) is 7.04. The van der Waals surface area contributed by atoms with Crippen LogP contribution in [0.2, 0.25) is 0 Å². The van der Waals surface area contributed by atoms with Crippen LogP contribution in [0.5, 0.6) is 0 Å². The number of aromatic nitrogens is 1. The largest absolute Gasteiger partial charge is 0.354 e. The maximum Gasteiger partial charge on any atom is 0.0991 e. The highest BCUT2D eigenvalue weighted by atomic mass is 14.7. The number of hydrogen-bond donors (Lipinski definition) is 2. The molecule has 0 amide bonds. The average molecular weight is 365 g/mol. The zero-order valence-electron chi connectivity index (χ0n) is 15.8. The number of rotatable bonds is 6. The van der Waals surface area contributed by atoms with Gasteiger partial charge in [-0.3, -0.25) is 0 Å². The highest BCUT2D eigenvalue weighted by Gasteiger charge is 2.14. The average Bonchev–Trinajstić information content (AvgIpc) is 3.12. The fourth-order valence-corrected chi connectivity index (χ4v) is 3.73. The van der Waals surface area contributed by atoms with Gasteiger partial charge >= 0.3 is 0 Å². The Morgan fingerprint density at radius 1 is 0.821 bits per heavy atom. The number of nitrogens with two attached hydrogens (primary N) is 1. The van der Waals surface area contributed by atoms with E-state index in [4.69, 9.17) is 5.73 Å². The predicted molar refractivity (Wildman–Crippen MR) is 116 cm³/mol. The van der Waals surface area contributed by atoms with Gasteiger partial charge in [0.15, 0.2) is 0 Å². The summed E-state index contributed by atoms with van der Waals surface area (Å²) in [6.07, 6.45) is 2.98. The molecule has 0 spiro atoms. The van der Waals surface area contributed by atoms with Crippen molar-refractivity contribution in [3.63, 3.8) is 0 Å². The zero-order chi connectivity index (χ0) is 19.3. The predicted octanol–water partition coefficient (Wildman–Crippen LogP) is 5.65. The molecule has 0 radical (unpaired) electrons. The summed E-state index contributed by atoms with van der Waals surface area (Å²) in [4.78, 5) is 3.58. The lowest BCUT2D eigenvalue weighted by Gasteiger charge is -2.07. The molecule has 0 aliphatic rings. The topological polar surface area (TPSA) is 65.6 Å². The van der Waals surface area contributed by atoms with E-state index in [0.717, 1.165) is 41.4 Å². The molecule has 0 bridgehead atoms. The molecule has 0 saturated heterocycles. The number of H-pyrrole nitrogens is 1. The van der Waals surface area contributed by atoms with E-state index in [-0.39, 0.29) is 0 Å². The van der Waals surface area contributed by atoms with Crippen LogP contribution in [-0.4, -0.2) is 11.5 Å². The molecule has 1 heterocycles. The van der Waals surface area contributed by atoms with Crippen molar-refractivity contribution in [3.8, 4) is 28.5 Å². The normalized spacial score (nSPS) is 10.9. The Bertz CT molecular complexity index is 1120. The Morgan fingerprint density at radius 2 is 1.54 bits per heavy atom. The highest BCUT2D eigenvalue weighted by Crippen LogP contribution is 2.33. The molecule has 3 aromatic carbocycles. The van der Waals surface area contributed by atoms with E-state index in [0.29, 0.717) is 12.1 Å². The number of nitriles is 1. The smallest absolute Gasteiger partial charge is 0.0991 e. The highest BCUT2D eigenvalue weighted by molar-refractivity contribution is 5.92. The number of benzene rings is 3. The molecule has 0 fully saturated rings. The lowest BCUT2D eigenvalue weighted by molar-refractivity contribution is 0.748. The lowest BCUT2D eigenvalue weighted by atomic mass is 9.97. The molecule has 0 unspecified atom stereocenters. The molecule has 28 heavy (non-hydrogen) atoms. The van der Waals surface area contributed by atoms with Gasteiger partial charge in [0, 0.05) is 16.6 Å². The lowest BCUT2D eigenvalue weighted by Crippen LogP contribution is -1.99. The third-order valence-electron chi connectivity index (χ3n) is 5.20. The molecular weight excluding hydrogens is 342 g/mol. The van der Waals surface area contributed by atoms with Crippen molar-refractivity contribution in [2.45, 2.75) is 19.3 Å². The van der Waals surface area contributed by atoms with Gasteiger partial charge in [-0.15, -0.1) is 0 Å². The van der Waals surface area contributed by atoms with Crippen LogP contribution >= 0.6 is 0 Å². The second kappa shape index (κ2) is 8.12. The summed E-state index contributed by atoms with van der Waals surface area (Å²) < 4.78 is 0. The van der Waals surface area contributed by atoms with E-state index in [1.807, 2.05) is 24.3 Å².